The van der Waals surface area contributed by atoms with Crippen LogP contribution in [0, 0.1) is 0 Å². The summed E-state index contributed by atoms with van der Waals surface area (Å²) in [5.41, 5.74) is 0.794. The molecule has 0 fully saturated rings. The number of hydrogen-bond donors (Lipinski definition) is 1. The van der Waals surface area contributed by atoms with Crippen molar-refractivity contribution in [2.75, 3.05) is 23.9 Å². The second-order valence-electron chi connectivity index (χ2n) is 10.0. The lowest BCUT2D eigenvalue weighted by Gasteiger charge is -2.32. The number of anilines is 1. The topological polar surface area (TPSA) is 105 Å². The van der Waals surface area contributed by atoms with Gasteiger partial charge in [0.1, 0.15) is 6.04 Å². The minimum Gasteiger partial charge on any atom is -0.454 e. The lowest BCUT2D eigenvalue weighted by molar-refractivity contribution is -0.141. The zero-order chi connectivity index (χ0) is 27.4. The number of ether oxygens (including phenoxy) is 2. The van der Waals surface area contributed by atoms with Crippen molar-refractivity contribution in [3.63, 3.8) is 0 Å². The maximum atomic E-state index is 13.4. The van der Waals surface area contributed by atoms with Crippen LogP contribution in [0.15, 0.2) is 42.5 Å². The fourth-order valence-corrected chi connectivity index (χ4v) is 4.97. The van der Waals surface area contributed by atoms with Gasteiger partial charge in [-0.25, -0.2) is 8.42 Å². The Morgan fingerprint density at radius 3 is 2.35 bits per heavy atom. The first-order valence-corrected chi connectivity index (χ1v) is 14.2. The summed E-state index contributed by atoms with van der Waals surface area (Å²) in [4.78, 5) is 27.8. The summed E-state index contributed by atoms with van der Waals surface area (Å²) in [5, 5.41) is 3.50. The van der Waals surface area contributed by atoms with Crippen molar-refractivity contribution in [1.29, 1.82) is 0 Å². The number of rotatable bonds is 10. The van der Waals surface area contributed by atoms with E-state index in [9.17, 15) is 18.0 Å². The Hall–Kier alpha value is -2.98. The summed E-state index contributed by atoms with van der Waals surface area (Å²) >= 11 is 6.00. The van der Waals surface area contributed by atoms with Crippen LogP contribution in [0.25, 0.3) is 0 Å². The van der Waals surface area contributed by atoms with Gasteiger partial charge >= 0.3 is 0 Å². The van der Waals surface area contributed by atoms with Crippen LogP contribution in [0.2, 0.25) is 5.02 Å². The van der Waals surface area contributed by atoms with Crippen molar-refractivity contribution in [3.8, 4) is 11.5 Å². The molecule has 0 spiro atoms. The Bertz CT molecular complexity index is 1230. The average molecular weight is 552 g/mol. The minimum atomic E-state index is -3.62. The quantitative estimate of drug-likeness (QED) is 0.479. The largest absolute Gasteiger partial charge is 0.454 e. The fourth-order valence-electron chi connectivity index (χ4n) is 3.89. The molecule has 1 heterocycles. The summed E-state index contributed by atoms with van der Waals surface area (Å²) in [7, 11) is -3.62. The fraction of sp³-hybridized carbons (Fsp3) is 0.462. The first-order valence-electron chi connectivity index (χ1n) is 12.0. The van der Waals surface area contributed by atoms with E-state index in [1.54, 1.807) is 37.3 Å². The number of carbonyl (C=O) groups excluding carboxylic acids is 2. The standard InChI is InChI=1S/C26H34ClN3O6S/c1-18(25(32)28-26(2,3)4)29(16-19-8-10-20(27)11-9-19)24(31)7-6-14-30(37(5,33)34)21-12-13-22-23(15-21)36-17-35-22/h8-13,15,18H,6-7,14,16-17H2,1-5H3,(H,28,32)/t18-/m1/s1. The van der Waals surface area contributed by atoms with Crippen LogP contribution in [-0.4, -0.2) is 56.3 Å². The SMILES string of the molecule is C[C@H](C(=O)NC(C)(C)C)N(Cc1ccc(Cl)cc1)C(=O)CCCN(c1ccc2c(c1)OCO2)S(C)(=O)=O. The van der Waals surface area contributed by atoms with Crippen LogP contribution in [-0.2, 0) is 26.2 Å². The average Bonchev–Trinajstić information content (AvgIpc) is 3.27. The summed E-state index contributed by atoms with van der Waals surface area (Å²) in [6, 6.07) is 11.2. The molecular weight excluding hydrogens is 518 g/mol. The third-order valence-electron chi connectivity index (χ3n) is 5.73. The highest BCUT2D eigenvalue weighted by molar-refractivity contribution is 7.92. The van der Waals surface area contributed by atoms with Crippen molar-refractivity contribution in [2.24, 2.45) is 0 Å². The van der Waals surface area contributed by atoms with Gasteiger partial charge in [0.15, 0.2) is 11.5 Å². The van der Waals surface area contributed by atoms with Gasteiger partial charge in [0.2, 0.25) is 28.6 Å². The first kappa shape index (κ1) is 28.6. The van der Waals surface area contributed by atoms with Crippen molar-refractivity contribution in [1.82, 2.24) is 10.2 Å². The Kier molecular flexibility index (Phi) is 8.96. The molecule has 0 saturated heterocycles. The van der Waals surface area contributed by atoms with Crippen molar-refractivity contribution in [2.45, 2.75) is 58.7 Å². The van der Waals surface area contributed by atoms with Gasteiger partial charge < -0.3 is 19.7 Å². The van der Waals surface area contributed by atoms with Gasteiger partial charge in [0.05, 0.1) is 11.9 Å². The molecule has 11 heteroatoms. The van der Waals surface area contributed by atoms with Gasteiger partial charge in [-0.05, 0) is 63.9 Å². The molecule has 1 atom stereocenters. The molecule has 202 valence electrons. The molecule has 0 bridgehead atoms. The van der Waals surface area contributed by atoms with Crippen LogP contribution in [0.1, 0.15) is 46.1 Å². The molecule has 0 saturated carbocycles. The zero-order valence-electron chi connectivity index (χ0n) is 21.8. The van der Waals surface area contributed by atoms with Crippen molar-refractivity contribution in [3.05, 3.63) is 53.1 Å². The Morgan fingerprint density at radius 2 is 1.73 bits per heavy atom. The molecule has 0 aliphatic carbocycles. The summed E-state index contributed by atoms with van der Waals surface area (Å²) in [6.45, 7) is 7.69. The number of amides is 2. The molecule has 9 nitrogen and oxygen atoms in total. The van der Waals surface area contributed by atoms with E-state index in [-0.39, 0.29) is 44.5 Å². The number of halogens is 1. The highest BCUT2D eigenvalue weighted by atomic mass is 35.5. The number of nitrogens with one attached hydrogen (secondary N) is 1. The molecule has 2 aromatic carbocycles. The smallest absolute Gasteiger partial charge is 0.242 e. The van der Waals surface area contributed by atoms with Gasteiger partial charge in [-0.15, -0.1) is 0 Å². The van der Waals surface area contributed by atoms with Crippen LogP contribution in [0.4, 0.5) is 5.69 Å². The molecule has 1 aliphatic rings. The number of fused-ring (bicyclic) bond motifs is 1. The molecular formula is C26H34ClN3O6S. The molecule has 2 aromatic rings. The summed E-state index contributed by atoms with van der Waals surface area (Å²) in [6.07, 6.45) is 1.42. The lowest BCUT2D eigenvalue weighted by Crippen LogP contribution is -2.52. The zero-order valence-corrected chi connectivity index (χ0v) is 23.4. The van der Waals surface area contributed by atoms with Gasteiger partial charge in [-0.3, -0.25) is 13.9 Å². The van der Waals surface area contributed by atoms with E-state index in [1.165, 1.54) is 9.21 Å². The third kappa shape index (κ3) is 8.00. The van der Waals surface area contributed by atoms with E-state index < -0.39 is 21.6 Å². The molecule has 0 aromatic heterocycles. The summed E-state index contributed by atoms with van der Waals surface area (Å²) in [5.74, 6) is 0.487. The van der Waals surface area contributed by atoms with Crippen molar-refractivity contribution >= 4 is 39.1 Å². The maximum Gasteiger partial charge on any atom is 0.242 e. The van der Waals surface area contributed by atoms with E-state index >= 15 is 0 Å². The molecule has 0 radical (unpaired) electrons. The molecule has 37 heavy (non-hydrogen) atoms. The highest BCUT2D eigenvalue weighted by Gasteiger charge is 2.29. The normalized spacial score (nSPS) is 13.7. The van der Waals surface area contributed by atoms with Crippen molar-refractivity contribution < 1.29 is 27.5 Å². The minimum absolute atomic E-state index is 0.0529. The first-order chi connectivity index (χ1) is 17.2. The van der Waals surface area contributed by atoms with Crippen LogP contribution >= 0.6 is 11.6 Å². The van der Waals surface area contributed by atoms with E-state index in [4.69, 9.17) is 21.1 Å². The second-order valence-corrected chi connectivity index (χ2v) is 12.4. The number of carbonyl (C=O) groups is 2. The summed E-state index contributed by atoms with van der Waals surface area (Å²) < 4.78 is 37.0. The van der Waals surface area contributed by atoms with Crippen LogP contribution in [0.5, 0.6) is 11.5 Å². The Morgan fingerprint density at radius 1 is 1.08 bits per heavy atom. The molecule has 1 aliphatic heterocycles. The van der Waals surface area contributed by atoms with E-state index in [1.807, 2.05) is 32.9 Å². The molecule has 1 N–H and O–H groups in total. The molecule has 2 amide bonds. The van der Waals surface area contributed by atoms with Crippen LogP contribution in [0.3, 0.4) is 0 Å². The monoisotopic (exact) mass is 551 g/mol. The predicted octanol–water partition coefficient (Wildman–Crippen LogP) is 3.95. The Balaban J connectivity index is 1.74. The number of benzene rings is 2. The number of nitrogens with zero attached hydrogens (tertiary/aromatic N) is 2. The second kappa shape index (κ2) is 11.6. The van der Waals surface area contributed by atoms with E-state index in [2.05, 4.69) is 5.32 Å². The maximum absolute atomic E-state index is 13.4. The van der Waals surface area contributed by atoms with Gasteiger partial charge in [0, 0.05) is 36.1 Å². The van der Waals surface area contributed by atoms with Crippen LogP contribution < -0.4 is 19.1 Å². The third-order valence-corrected chi connectivity index (χ3v) is 7.17. The molecule has 3 rings (SSSR count). The Labute approximate surface area is 223 Å². The number of hydrogen-bond acceptors (Lipinski definition) is 6. The van der Waals surface area contributed by atoms with E-state index in [0.717, 1.165) is 11.8 Å². The predicted molar refractivity (Wildman–Crippen MR) is 143 cm³/mol. The van der Waals surface area contributed by atoms with Gasteiger partial charge in [-0.1, -0.05) is 23.7 Å². The number of sulfonamides is 1. The van der Waals surface area contributed by atoms with Gasteiger partial charge in [-0.2, -0.15) is 0 Å². The lowest BCUT2D eigenvalue weighted by atomic mass is 10.1. The van der Waals surface area contributed by atoms with Gasteiger partial charge in [0.25, 0.3) is 0 Å². The highest BCUT2D eigenvalue weighted by Crippen LogP contribution is 2.36. The van der Waals surface area contributed by atoms with E-state index in [0.29, 0.717) is 22.2 Å². The molecule has 0 unspecified atom stereocenters.